The Morgan fingerprint density at radius 2 is 1.46 bits per heavy atom. The summed E-state index contributed by atoms with van der Waals surface area (Å²) in [6, 6.07) is 27.1. The van der Waals surface area contributed by atoms with Crippen molar-refractivity contribution >= 4 is 43.9 Å². The number of benzene rings is 3. The molecule has 3 nitrogen and oxygen atoms in total. The highest BCUT2D eigenvalue weighted by molar-refractivity contribution is 6.19. The van der Waals surface area contributed by atoms with E-state index in [0.29, 0.717) is 0 Å². The number of aromatic nitrogens is 2. The normalized spacial score (nSPS) is 11.8. The van der Waals surface area contributed by atoms with Crippen LogP contribution in [0.4, 0.5) is 0 Å². The van der Waals surface area contributed by atoms with Crippen LogP contribution < -0.4 is 0 Å². The fourth-order valence-corrected chi connectivity index (χ4v) is 3.94. The van der Waals surface area contributed by atoms with Crippen LogP contribution in [0.3, 0.4) is 0 Å². The van der Waals surface area contributed by atoms with E-state index < -0.39 is 0 Å². The molecule has 122 valence electrons. The molecule has 0 saturated heterocycles. The molecule has 0 atom stereocenters. The molecule has 0 aliphatic heterocycles. The molecule has 0 bridgehead atoms. The molecule has 0 amide bonds. The number of furan rings is 1. The second-order valence-corrected chi connectivity index (χ2v) is 6.49. The Hall–Kier alpha value is -3.59. The lowest BCUT2D eigenvalue weighted by molar-refractivity contribution is 0.645. The molecule has 0 unspecified atom stereocenters. The minimum Gasteiger partial charge on any atom is -0.439 e. The summed E-state index contributed by atoms with van der Waals surface area (Å²) in [6.07, 6.45) is 1.84. The largest absolute Gasteiger partial charge is 0.439 e. The highest BCUT2D eigenvalue weighted by Gasteiger charge is 2.20. The fourth-order valence-electron chi connectivity index (χ4n) is 3.94. The third kappa shape index (κ3) is 1.69. The first-order valence-corrected chi connectivity index (χ1v) is 8.66. The van der Waals surface area contributed by atoms with Crippen LogP contribution in [0.15, 0.2) is 89.5 Å². The summed E-state index contributed by atoms with van der Waals surface area (Å²) < 4.78 is 8.44. The van der Waals surface area contributed by atoms with Gasteiger partial charge in [0.1, 0.15) is 11.2 Å². The average Bonchev–Trinajstić information content (AvgIpc) is 3.22. The van der Waals surface area contributed by atoms with E-state index >= 15 is 0 Å². The Morgan fingerprint density at radius 1 is 0.692 bits per heavy atom. The van der Waals surface area contributed by atoms with Crippen LogP contribution in [0.1, 0.15) is 0 Å². The Labute approximate surface area is 149 Å². The lowest BCUT2D eigenvalue weighted by Crippen LogP contribution is -1.95. The molecule has 0 aliphatic rings. The molecule has 3 aromatic heterocycles. The average molecular weight is 334 g/mol. The Balaban J connectivity index is 1.88. The molecule has 3 heterocycles. The highest BCUT2D eigenvalue weighted by Crippen LogP contribution is 2.39. The number of para-hydroxylation sites is 1. The van der Waals surface area contributed by atoms with Crippen molar-refractivity contribution < 1.29 is 4.42 Å². The van der Waals surface area contributed by atoms with Gasteiger partial charge in [-0.3, -0.25) is 4.57 Å². The van der Waals surface area contributed by atoms with Crippen molar-refractivity contribution in [2.45, 2.75) is 0 Å². The third-order valence-corrected chi connectivity index (χ3v) is 5.06. The monoisotopic (exact) mass is 334 g/mol. The van der Waals surface area contributed by atoms with Crippen molar-refractivity contribution in [3.63, 3.8) is 0 Å². The number of nitrogens with zero attached hydrogens (tertiary/aromatic N) is 2. The summed E-state index contributed by atoms with van der Waals surface area (Å²) in [6.45, 7) is 0. The molecule has 26 heavy (non-hydrogen) atoms. The number of hydrogen-bond acceptors (Lipinski definition) is 2. The molecular formula is C23H14N2O. The number of fused-ring (bicyclic) bond motifs is 6. The minimum atomic E-state index is 0.844. The Bertz CT molecular complexity index is 1430. The number of pyridine rings is 1. The summed E-state index contributed by atoms with van der Waals surface area (Å²) in [7, 11) is 0. The molecule has 6 rings (SSSR count). The van der Waals surface area contributed by atoms with Crippen LogP contribution in [-0.2, 0) is 0 Å². The third-order valence-electron chi connectivity index (χ3n) is 5.06. The summed E-state index contributed by atoms with van der Waals surface area (Å²) in [5.74, 6) is 0. The van der Waals surface area contributed by atoms with Crippen LogP contribution >= 0.6 is 0 Å². The summed E-state index contributed by atoms with van der Waals surface area (Å²) in [5, 5.41) is 5.74. The van der Waals surface area contributed by atoms with Crippen LogP contribution in [0.2, 0.25) is 0 Å². The van der Waals surface area contributed by atoms with Gasteiger partial charge < -0.3 is 4.42 Å². The summed E-state index contributed by atoms with van der Waals surface area (Å²) in [5.41, 5.74) is 3.75. The van der Waals surface area contributed by atoms with Gasteiger partial charge in [-0.1, -0.05) is 54.6 Å². The van der Waals surface area contributed by atoms with Crippen molar-refractivity contribution in [3.8, 4) is 5.69 Å². The van der Waals surface area contributed by atoms with Gasteiger partial charge in [0.25, 0.3) is 0 Å². The van der Waals surface area contributed by atoms with Crippen LogP contribution in [0, 0.1) is 0 Å². The van der Waals surface area contributed by atoms with Crippen LogP contribution in [0.25, 0.3) is 49.6 Å². The van der Waals surface area contributed by atoms with Crippen molar-refractivity contribution in [3.05, 3.63) is 85.1 Å². The molecule has 0 radical (unpaired) electrons. The van der Waals surface area contributed by atoms with Gasteiger partial charge in [0, 0.05) is 22.4 Å². The summed E-state index contributed by atoms with van der Waals surface area (Å²) in [4.78, 5) is 4.68. The molecule has 0 aliphatic carbocycles. The van der Waals surface area contributed by atoms with Gasteiger partial charge in [0.15, 0.2) is 0 Å². The smallest absolute Gasteiger partial charge is 0.215 e. The van der Waals surface area contributed by atoms with Gasteiger partial charge in [-0.05, 0) is 29.7 Å². The van der Waals surface area contributed by atoms with E-state index in [0.717, 1.165) is 38.8 Å². The highest BCUT2D eigenvalue weighted by atomic mass is 16.3. The molecule has 0 fully saturated rings. The first kappa shape index (κ1) is 13.7. The molecule has 0 N–H and O–H groups in total. The Morgan fingerprint density at radius 3 is 2.42 bits per heavy atom. The first-order valence-electron chi connectivity index (χ1n) is 8.66. The van der Waals surface area contributed by atoms with Gasteiger partial charge in [0.05, 0.1) is 11.1 Å². The summed E-state index contributed by atoms with van der Waals surface area (Å²) >= 11 is 0. The SMILES string of the molecule is c1ccc2c(-n3c4ncccc4c4c5ccccc5oc43)cccc2c1. The molecule has 0 saturated carbocycles. The van der Waals surface area contributed by atoms with E-state index in [-0.39, 0.29) is 0 Å². The first-order chi connectivity index (χ1) is 12.9. The second kappa shape index (κ2) is 4.96. The van der Waals surface area contributed by atoms with Crippen molar-refractivity contribution in [2.24, 2.45) is 0 Å². The predicted octanol–water partition coefficient (Wildman–Crippen LogP) is 6.08. The predicted molar refractivity (Wildman–Crippen MR) is 106 cm³/mol. The van der Waals surface area contributed by atoms with Crippen molar-refractivity contribution in [1.82, 2.24) is 9.55 Å². The van der Waals surface area contributed by atoms with E-state index in [4.69, 9.17) is 4.42 Å². The zero-order valence-corrected chi connectivity index (χ0v) is 13.9. The molecule has 3 aromatic carbocycles. The fraction of sp³-hybridized carbons (Fsp3) is 0. The van der Waals surface area contributed by atoms with E-state index in [1.165, 1.54) is 10.8 Å². The molecule has 3 heteroatoms. The molecule has 0 spiro atoms. The maximum absolute atomic E-state index is 6.29. The van der Waals surface area contributed by atoms with Gasteiger partial charge in [-0.25, -0.2) is 4.98 Å². The molecular weight excluding hydrogens is 320 g/mol. The van der Waals surface area contributed by atoms with Crippen LogP contribution in [0.5, 0.6) is 0 Å². The van der Waals surface area contributed by atoms with Crippen LogP contribution in [-0.4, -0.2) is 9.55 Å². The van der Waals surface area contributed by atoms with Crippen molar-refractivity contribution in [1.29, 1.82) is 0 Å². The van der Waals surface area contributed by atoms with E-state index in [9.17, 15) is 0 Å². The Kier molecular flexibility index (Phi) is 2.61. The van der Waals surface area contributed by atoms with E-state index in [1.54, 1.807) is 0 Å². The zero-order chi connectivity index (χ0) is 17.1. The minimum absolute atomic E-state index is 0.844. The van der Waals surface area contributed by atoms with Gasteiger partial charge in [-0.15, -0.1) is 0 Å². The topological polar surface area (TPSA) is 31.0 Å². The maximum Gasteiger partial charge on any atom is 0.215 e. The van der Waals surface area contributed by atoms with E-state index in [1.807, 2.05) is 24.4 Å². The van der Waals surface area contributed by atoms with Gasteiger partial charge in [-0.2, -0.15) is 0 Å². The lowest BCUT2D eigenvalue weighted by Gasteiger charge is -2.09. The second-order valence-electron chi connectivity index (χ2n) is 6.49. The number of hydrogen-bond donors (Lipinski definition) is 0. The lowest BCUT2D eigenvalue weighted by atomic mass is 10.1. The number of rotatable bonds is 1. The van der Waals surface area contributed by atoms with Crippen molar-refractivity contribution in [2.75, 3.05) is 0 Å². The standard InChI is InChI=1S/C23H14N2O/c1-2-9-16-15(7-1)8-5-12-19(16)25-22-18(11-6-14-24-22)21-17-10-3-4-13-20(17)26-23(21)25/h1-14H. The quantitative estimate of drug-likeness (QED) is 0.365. The van der Waals surface area contributed by atoms with Gasteiger partial charge >= 0.3 is 0 Å². The maximum atomic E-state index is 6.29. The van der Waals surface area contributed by atoms with E-state index in [2.05, 4.69) is 70.2 Å². The molecule has 6 aromatic rings. The zero-order valence-electron chi connectivity index (χ0n) is 13.9. The van der Waals surface area contributed by atoms with Gasteiger partial charge in [0.2, 0.25) is 5.71 Å².